The van der Waals surface area contributed by atoms with Gasteiger partial charge in [-0.25, -0.2) is 0 Å². The molecule has 0 fully saturated rings. The average Bonchev–Trinajstić information content (AvgIpc) is 2.36. The summed E-state index contributed by atoms with van der Waals surface area (Å²) in [5.74, 6) is 0. The number of halogens is 1. The fourth-order valence-corrected chi connectivity index (χ4v) is 2.00. The van der Waals surface area contributed by atoms with Crippen molar-refractivity contribution in [1.29, 1.82) is 5.26 Å². The first-order valence-electron chi connectivity index (χ1n) is 5.43. The topological polar surface area (TPSA) is 61.8 Å². The molecule has 0 aliphatic carbocycles. The number of nitrogen functional groups attached to an aromatic ring is 1. The minimum absolute atomic E-state index is 0.589. The highest BCUT2D eigenvalue weighted by atomic mass is 79.9. The number of aryl methyl sites for hydroxylation is 1. The summed E-state index contributed by atoms with van der Waals surface area (Å²) in [7, 11) is 0. The molecule has 2 aromatic rings. The van der Waals surface area contributed by atoms with Crippen molar-refractivity contribution in [2.45, 2.75) is 6.92 Å². The summed E-state index contributed by atoms with van der Waals surface area (Å²) in [6.45, 7) is 1.99. The van der Waals surface area contributed by atoms with E-state index < -0.39 is 0 Å². The molecule has 0 amide bonds. The maximum absolute atomic E-state index is 9.11. The molecule has 0 unspecified atom stereocenters. The van der Waals surface area contributed by atoms with Crippen LogP contribution in [0.3, 0.4) is 0 Å². The zero-order chi connectivity index (χ0) is 13.1. The number of anilines is 3. The van der Waals surface area contributed by atoms with E-state index in [1.54, 1.807) is 6.07 Å². The molecule has 3 nitrogen and oxygen atoms in total. The Bertz CT molecular complexity index is 629. The summed E-state index contributed by atoms with van der Waals surface area (Å²) in [6.07, 6.45) is 0. The van der Waals surface area contributed by atoms with Crippen molar-refractivity contribution < 1.29 is 0 Å². The van der Waals surface area contributed by atoms with Gasteiger partial charge in [0.25, 0.3) is 0 Å². The third-order valence-corrected chi connectivity index (χ3v) is 3.13. The van der Waals surface area contributed by atoms with Crippen LogP contribution >= 0.6 is 15.9 Å². The lowest BCUT2D eigenvalue weighted by atomic mass is 10.1. The largest absolute Gasteiger partial charge is 0.399 e. The number of hydrogen-bond donors (Lipinski definition) is 2. The van der Waals surface area contributed by atoms with Crippen molar-refractivity contribution >= 4 is 33.0 Å². The predicted molar refractivity (Wildman–Crippen MR) is 77.7 cm³/mol. The van der Waals surface area contributed by atoms with E-state index in [-0.39, 0.29) is 0 Å². The second kappa shape index (κ2) is 5.11. The third kappa shape index (κ3) is 2.63. The Balaban J connectivity index is 2.40. The molecule has 3 N–H and O–H groups in total. The van der Waals surface area contributed by atoms with Crippen LogP contribution in [0, 0.1) is 18.3 Å². The van der Waals surface area contributed by atoms with Crippen LogP contribution in [0.25, 0.3) is 0 Å². The Hall–Kier alpha value is -1.99. The number of benzene rings is 2. The molecule has 2 aromatic carbocycles. The van der Waals surface area contributed by atoms with Gasteiger partial charge in [0.15, 0.2) is 0 Å². The molecule has 2 rings (SSSR count). The highest BCUT2D eigenvalue weighted by molar-refractivity contribution is 9.10. The lowest BCUT2D eigenvalue weighted by molar-refractivity contribution is 1.41. The molecule has 0 spiro atoms. The Kier molecular flexibility index (Phi) is 3.54. The maximum atomic E-state index is 9.11. The highest BCUT2D eigenvalue weighted by Crippen LogP contribution is 2.27. The van der Waals surface area contributed by atoms with Crippen molar-refractivity contribution in [3.63, 3.8) is 0 Å². The van der Waals surface area contributed by atoms with E-state index in [0.29, 0.717) is 11.3 Å². The van der Waals surface area contributed by atoms with E-state index in [9.17, 15) is 0 Å². The summed E-state index contributed by atoms with van der Waals surface area (Å²) >= 11 is 3.35. The van der Waals surface area contributed by atoms with Crippen LogP contribution in [0.4, 0.5) is 17.1 Å². The van der Waals surface area contributed by atoms with Gasteiger partial charge in [-0.3, -0.25) is 0 Å². The van der Waals surface area contributed by atoms with Crippen LogP contribution in [0.5, 0.6) is 0 Å². The first-order chi connectivity index (χ1) is 8.60. The summed E-state index contributed by atoms with van der Waals surface area (Å²) in [6, 6.07) is 13.4. The van der Waals surface area contributed by atoms with E-state index in [4.69, 9.17) is 11.0 Å². The van der Waals surface area contributed by atoms with Crippen LogP contribution < -0.4 is 11.1 Å². The van der Waals surface area contributed by atoms with Crippen molar-refractivity contribution in [3.05, 3.63) is 52.0 Å². The number of nitrogens with zero attached hydrogens (tertiary/aromatic N) is 1. The Morgan fingerprint density at radius 2 is 1.94 bits per heavy atom. The van der Waals surface area contributed by atoms with Crippen molar-refractivity contribution in [2.75, 3.05) is 11.1 Å². The van der Waals surface area contributed by atoms with Crippen molar-refractivity contribution in [3.8, 4) is 6.07 Å². The highest BCUT2D eigenvalue weighted by Gasteiger charge is 2.05. The average molecular weight is 302 g/mol. The fourth-order valence-electron chi connectivity index (χ4n) is 1.64. The quantitative estimate of drug-likeness (QED) is 0.826. The molecule has 4 heteroatoms. The molecule has 0 saturated heterocycles. The molecular weight excluding hydrogens is 290 g/mol. The first kappa shape index (κ1) is 12.5. The van der Waals surface area contributed by atoms with Crippen LogP contribution in [-0.2, 0) is 0 Å². The third-order valence-electron chi connectivity index (χ3n) is 2.63. The Morgan fingerprint density at radius 1 is 1.17 bits per heavy atom. The van der Waals surface area contributed by atoms with Crippen LogP contribution in [0.15, 0.2) is 40.9 Å². The van der Waals surface area contributed by atoms with Gasteiger partial charge < -0.3 is 11.1 Å². The zero-order valence-corrected chi connectivity index (χ0v) is 11.5. The normalized spacial score (nSPS) is 9.83. The second-order valence-corrected chi connectivity index (χ2v) is 4.92. The molecule has 0 aliphatic rings. The SMILES string of the molecule is Cc1ccc(N)cc1Nc1ccc(Br)cc1C#N. The first-order valence-corrected chi connectivity index (χ1v) is 6.22. The van der Waals surface area contributed by atoms with E-state index >= 15 is 0 Å². The molecule has 18 heavy (non-hydrogen) atoms. The second-order valence-electron chi connectivity index (χ2n) is 4.00. The maximum Gasteiger partial charge on any atom is 0.101 e. The molecule has 0 atom stereocenters. The van der Waals surface area contributed by atoms with Gasteiger partial charge in [0.1, 0.15) is 6.07 Å². The molecule has 0 aromatic heterocycles. The fraction of sp³-hybridized carbons (Fsp3) is 0.0714. The number of nitrogens with one attached hydrogen (secondary N) is 1. The molecule has 0 radical (unpaired) electrons. The number of nitrogens with two attached hydrogens (primary N) is 1. The van der Waals surface area contributed by atoms with Gasteiger partial charge in [-0.2, -0.15) is 5.26 Å². The lowest BCUT2D eigenvalue weighted by Gasteiger charge is -2.11. The summed E-state index contributed by atoms with van der Waals surface area (Å²) in [5.41, 5.74) is 9.81. The van der Waals surface area contributed by atoms with Gasteiger partial charge in [-0.1, -0.05) is 22.0 Å². The van der Waals surface area contributed by atoms with Crippen LogP contribution in [-0.4, -0.2) is 0 Å². The number of nitriles is 1. The monoisotopic (exact) mass is 301 g/mol. The molecule has 0 saturated carbocycles. The lowest BCUT2D eigenvalue weighted by Crippen LogP contribution is -1.97. The summed E-state index contributed by atoms with van der Waals surface area (Å²) < 4.78 is 0.883. The van der Waals surface area contributed by atoms with E-state index in [2.05, 4.69) is 27.3 Å². The molecule has 0 aliphatic heterocycles. The molecule has 90 valence electrons. The predicted octanol–water partition coefficient (Wildman–Crippen LogP) is 3.96. The van der Waals surface area contributed by atoms with E-state index in [0.717, 1.165) is 21.4 Å². The number of rotatable bonds is 2. The molecule has 0 bridgehead atoms. The van der Waals surface area contributed by atoms with Crippen molar-refractivity contribution in [1.82, 2.24) is 0 Å². The van der Waals surface area contributed by atoms with Gasteiger partial charge in [-0.15, -0.1) is 0 Å². The minimum Gasteiger partial charge on any atom is -0.399 e. The summed E-state index contributed by atoms with van der Waals surface area (Å²) in [4.78, 5) is 0. The van der Waals surface area contributed by atoms with Gasteiger partial charge in [-0.05, 0) is 42.8 Å². The van der Waals surface area contributed by atoms with Gasteiger partial charge in [0.05, 0.1) is 11.3 Å². The Labute approximate surface area is 114 Å². The molecular formula is C14H12BrN3. The van der Waals surface area contributed by atoms with Crippen LogP contribution in [0.2, 0.25) is 0 Å². The smallest absolute Gasteiger partial charge is 0.101 e. The van der Waals surface area contributed by atoms with E-state index in [1.165, 1.54) is 0 Å². The van der Waals surface area contributed by atoms with Gasteiger partial charge >= 0.3 is 0 Å². The summed E-state index contributed by atoms with van der Waals surface area (Å²) in [5, 5.41) is 12.3. The Morgan fingerprint density at radius 3 is 2.67 bits per heavy atom. The van der Waals surface area contributed by atoms with Crippen molar-refractivity contribution in [2.24, 2.45) is 0 Å². The molecule has 0 heterocycles. The van der Waals surface area contributed by atoms with E-state index in [1.807, 2.05) is 37.3 Å². The minimum atomic E-state index is 0.589. The zero-order valence-electron chi connectivity index (χ0n) is 9.87. The standard InChI is InChI=1S/C14H12BrN3/c1-9-2-4-12(17)7-14(9)18-13-5-3-11(15)6-10(13)8-16/h2-7,18H,17H2,1H3. The van der Waals surface area contributed by atoms with Gasteiger partial charge in [0, 0.05) is 15.8 Å². The number of hydrogen-bond acceptors (Lipinski definition) is 3. The van der Waals surface area contributed by atoms with Gasteiger partial charge in [0.2, 0.25) is 0 Å². The van der Waals surface area contributed by atoms with Crippen LogP contribution in [0.1, 0.15) is 11.1 Å².